The first-order chi connectivity index (χ1) is 11.6. The number of aliphatic hydroxyl groups excluding tert-OH is 1. The minimum Gasteiger partial charge on any atom is -0.465 e. The molecule has 24 heavy (non-hydrogen) atoms. The number of ether oxygens (including phenoxy) is 1. The zero-order valence-electron chi connectivity index (χ0n) is 14.0. The molecule has 0 radical (unpaired) electrons. The summed E-state index contributed by atoms with van der Waals surface area (Å²) >= 11 is 0. The molecule has 0 aliphatic carbocycles. The Labute approximate surface area is 142 Å². The quantitative estimate of drug-likeness (QED) is 0.806. The highest BCUT2D eigenvalue weighted by molar-refractivity contribution is 6.10. The monoisotopic (exact) mass is 319 g/mol. The van der Waals surface area contributed by atoms with Crippen LogP contribution in [0.25, 0.3) is 6.08 Å². The van der Waals surface area contributed by atoms with Gasteiger partial charge in [-0.3, -0.25) is 4.99 Å². The molecule has 0 saturated carbocycles. The van der Waals surface area contributed by atoms with E-state index in [9.17, 15) is 5.11 Å². The van der Waals surface area contributed by atoms with Crippen molar-refractivity contribution in [2.24, 2.45) is 4.99 Å². The van der Waals surface area contributed by atoms with E-state index in [1.54, 1.807) is 0 Å². The largest absolute Gasteiger partial charge is 0.465 e. The number of hydrogen-bond acceptors (Lipinski definition) is 3. The molecular formula is C21H21NO2. The molecule has 2 aromatic carbocycles. The lowest BCUT2D eigenvalue weighted by atomic mass is 9.81. The van der Waals surface area contributed by atoms with E-state index in [-0.39, 0.29) is 12.0 Å². The van der Waals surface area contributed by atoms with Gasteiger partial charge in [-0.1, -0.05) is 44.7 Å². The van der Waals surface area contributed by atoms with Crippen LogP contribution in [0.3, 0.4) is 0 Å². The summed E-state index contributed by atoms with van der Waals surface area (Å²) in [7, 11) is 0. The van der Waals surface area contributed by atoms with E-state index in [1.807, 2.05) is 48.6 Å². The van der Waals surface area contributed by atoms with Crippen LogP contribution < -0.4 is 4.74 Å². The van der Waals surface area contributed by atoms with Gasteiger partial charge in [-0.25, -0.2) is 0 Å². The average molecular weight is 319 g/mol. The Morgan fingerprint density at radius 3 is 2.67 bits per heavy atom. The molecule has 0 aromatic heterocycles. The van der Waals surface area contributed by atoms with Crippen LogP contribution in [0.15, 0.2) is 66.4 Å². The molecule has 2 aromatic rings. The van der Waals surface area contributed by atoms with Crippen molar-refractivity contribution in [1.29, 1.82) is 0 Å². The van der Waals surface area contributed by atoms with Gasteiger partial charge in [0, 0.05) is 11.0 Å². The highest BCUT2D eigenvalue weighted by Crippen LogP contribution is 2.40. The topological polar surface area (TPSA) is 41.8 Å². The number of benzene rings is 2. The summed E-state index contributed by atoms with van der Waals surface area (Å²) in [5, 5.41) is 9.36. The normalized spacial score (nSPS) is 15.2. The van der Waals surface area contributed by atoms with Crippen LogP contribution in [0.1, 0.15) is 30.5 Å². The summed E-state index contributed by atoms with van der Waals surface area (Å²) in [5.74, 6) is 0.701. The van der Waals surface area contributed by atoms with E-state index in [0.29, 0.717) is 5.75 Å². The van der Waals surface area contributed by atoms with Gasteiger partial charge >= 0.3 is 0 Å². The van der Waals surface area contributed by atoms with Gasteiger partial charge in [0.05, 0.1) is 24.3 Å². The molecule has 0 atom stereocenters. The maximum atomic E-state index is 9.36. The Morgan fingerprint density at radius 2 is 1.96 bits per heavy atom. The van der Waals surface area contributed by atoms with Gasteiger partial charge in [0.2, 0.25) is 0 Å². The summed E-state index contributed by atoms with van der Waals surface area (Å²) in [4.78, 5) is 4.76. The van der Waals surface area contributed by atoms with E-state index in [4.69, 9.17) is 9.73 Å². The predicted molar refractivity (Wildman–Crippen MR) is 98.8 cm³/mol. The first-order valence-corrected chi connectivity index (χ1v) is 7.94. The number of para-hydroxylation sites is 1. The third kappa shape index (κ3) is 2.91. The highest BCUT2D eigenvalue weighted by Gasteiger charge is 2.32. The van der Waals surface area contributed by atoms with Gasteiger partial charge in [0.1, 0.15) is 5.75 Å². The van der Waals surface area contributed by atoms with E-state index in [1.165, 1.54) is 11.8 Å². The maximum Gasteiger partial charge on any atom is 0.133 e. The third-order valence-electron chi connectivity index (χ3n) is 4.35. The number of rotatable bonds is 5. The predicted octanol–water partition coefficient (Wildman–Crippen LogP) is 4.78. The number of nitrogens with zero attached hydrogens (tertiary/aromatic N) is 1. The standard InChI is InChI=1S/C21H21NO2/c1-4-24-19-11-9-15(14-23)13-16(19)10-12-20-21(2,3)17-7-5-6-8-18(17)22-20/h4-13,23H,1,14H2,2-3H3/b12-10+. The molecule has 3 nitrogen and oxygen atoms in total. The number of aliphatic imine (C=N–C) groups is 1. The molecule has 0 bridgehead atoms. The summed E-state index contributed by atoms with van der Waals surface area (Å²) in [5.41, 5.74) is 4.84. The van der Waals surface area contributed by atoms with Crippen molar-refractivity contribution in [3.8, 4) is 5.75 Å². The lowest BCUT2D eigenvalue weighted by molar-refractivity contribution is 0.281. The van der Waals surface area contributed by atoms with Crippen LogP contribution in [-0.2, 0) is 12.0 Å². The first kappa shape index (κ1) is 16.2. The van der Waals surface area contributed by atoms with Crippen molar-refractivity contribution in [1.82, 2.24) is 0 Å². The minimum absolute atomic E-state index is 0.00686. The van der Waals surface area contributed by atoms with Gasteiger partial charge in [-0.2, -0.15) is 0 Å². The van der Waals surface area contributed by atoms with Crippen LogP contribution in [0.2, 0.25) is 0 Å². The Balaban J connectivity index is 1.96. The fraction of sp³-hybridized carbons (Fsp3) is 0.190. The fourth-order valence-corrected chi connectivity index (χ4v) is 2.95. The van der Waals surface area contributed by atoms with Gasteiger partial charge in [0.15, 0.2) is 0 Å². The second-order valence-electron chi connectivity index (χ2n) is 6.29. The van der Waals surface area contributed by atoms with Crippen molar-refractivity contribution in [2.75, 3.05) is 0 Å². The zero-order chi connectivity index (χ0) is 17.2. The SMILES string of the molecule is C=COc1ccc(CO)cc1/C=C/C1=Nc2ccccc2C1(C)C. The van der Waals surface area contributed by atoms with Crippen LogP contribution >= 0.6 is 0 Å². The number of hydrogen-bond donors (Lipinski definition) is 1. The fourth-order valence-electron chi connectivity index (χ4n) is 2.95. The Bertz CT molecular complexity index is 831. The van der Waals surface area contributed by atoms with Crippen LogP contribution in [0.5, 0.6) is 5.75 Å². The Morgan fingerprint density at radius 1 is 1.17 bits per heavy atom. The van der Waals surface area contributed by atoms with Crippen molar-refractivity contribution < 1.29 is 9.84 Å². The molecule has 3 heteroatoms. The van der Waals surface area contributed by atoms with Crippen LogP contribution in [0, 0.1) is 0 Å². The summed E-state index contributed by atoms with van der Waals surface area (Å²) in [6.45, 7) is 7.95. The van der Waals surface area contributed by atoms with Crippen molar-refractivity contribution in [3.63, 3.8) is 0 Å². The molecular weight excluding hydrogens is 298 g/mol. The number of allylic oxidation sites excluding steroid dienone is 1. The molecule has 122 valence electrons. The second-order valence-corrected chi connectivity index (χ2v) is 6.29. The molecule has 0 saturated heterocycles. The Kier molecular flexibility index (Phi) is 4.36. The van der Waals surface area contributed by atoms with Gasteiger partial charge in [-0.15, -0.1) is 0 Å². The lowest BCUT2D eigenvalue weighted by Gasteiger charge is -2.20. The number of fused-ring (bicyclic) bond motifs is 1. The summed E-state index contributed by atoms with van der Waals surface area (Å²) in [6.07, 6.45) is 5.40. The average Bonchev–Trinajstić information content (AvgIpc) is 2.85. The van der Waals surface area contributed by atoms with Crippen LogP contribution in [0.4, 0.5) is 5.69 Å². The molecule has 1 N–H and O–H groups in total. The maximum absolute atomic E-state index is 9.36. The smallest absolute Gasteiger partial charge is 0.133 e. The molecule has 1 aliphatic rings. The van der Waals surface area contributed by atoms with Gasteiger partial charge < -0.3 is 9.84 Å². The number of aliphatic hydroxyl groups is 1. The van der Waals surface area contributed by atoms with Crippen molar-refractivity contribution in [2.45, 2.75) is 25.9 Å². The zero-order valence-corrected chi connectivity index (χ0v) is 14.0. The lowest BCUT2D eigenvalue weighted by Crippen LogP contribution is -2.23. The van der Waals surface area contributed by atoms with E-state index >= 15 is 0 Å². The molecule has 1 heterocycles. The molecule has 0 amide bonds. The molecule has 3 rings (SSSR count). The minimum atomic E-state index is -0.138. The summed E-state index contributed by atoms with van der Waals surface area (Å²) in [6, 6.07) is 13.8. The van der Waals surface area contributed by atoms with Crippen molar-refractivity contribution >= 4 is 17.5 Å². The van der Waals surface area contributed by atoms with Crippen LogP contribution in [-0.4, -0.2) is 10.8 Å². The highest BCUT2D eigenvalue weighted by atomic mass is 16.5. The van der Waals surface area contributed by atoms with Gasteiger partial charge in [-0.05, 0) is 41.5 Å². The van der Waals surface area contributed by atoms with Crippen molar-refractivity contribution in [3.05, 3.63) is 78.1 Å². The van der Waals surface area contributed by atoms with E-state index in [2.05, 4.69) is 26.5 Å². The van der Waals surface area contributed by atoms with E-state index in [0.717, 1.165) is 22.5 Å². The van der Waals surface area contributed by atoms with Gasteiger partial charge in [0.25, 0.3) is 0 Å². The first-order valence-electron chi connectivity index (χ1n) is 7.94. The molecule has 0 spiro atoms. The van der Waals surface area contributed by atoms with E-state index < -0.39 is 0 Å². The summed E-state index contributed by atoms with van der Waals surface area (Å²) < 4.78 is 5.46. The second kappa shape index (κ2) is 6.46. The third-order valence-corrected chi connectivity index (χ3v) is 4.35. The molecule has 1 aliphatic heterocycles. The molecule has 0 fully saturated rings. The molecule has 0 unspecified atom stereocenters. The Hall–Kier alpha value is -2.65.